The molecule has 4 aliphatic rings. The number of alkyl carbamates (subject to hydrolysis) is 1. The Morgan fingerprint density at radius 1 is 1.34 bits per heavy atom. The fourth-order valence-electron chi connectivity index (χ4n) is 4.87. The number of anilines is 1. The molecule has 0 spiro atoms. The fourth-order valence-corrected chi connectivity index (χ4v) is 4.87. The maximum Gasteiger partial charge on any atom is 0.522 e. The minimum atomic E-state index is -4.80. The average Bonchev–Trinajstić information content (AvgIpc) is 3.43. The van der Waals surface area contributed by atoms with Crippen LogP contribution in [0.2, 0.25) is 0 Å². The Labute approximate surface area is 196 Å². The number of H-pyrrole nitrogens is 1. The number of nitrogens with zero attached hydrogens (tertiary/aromatic N) is 3. The van der Waals surface area contributed by atoms with E-state index in [0.29, 0.717) is 31.4 Å². The number of amides is 2. The summed E-state index contributed by atoms with van der Waals surface area (Å²) in [4.78, 5) is 24.7. The van der Waals surface area contributed by atoms with E-state index < -0.39 is 42.8 Å². The standard InChI is InChI=1S/C20H23F3N6O6/c1-29-13(2-10(28-29)5-34-20(21,22)23)16(30)24-15-4-12(26-27-15)14-3-11(6-33-14)35-17(31)25-18-7-19(32,8-18)9-18/h2,4,11,14,32H,3,5-9H2,1H3,(H,25,31)(H2,24,26,27,30)/t11-,14-,18?,19?/m0/s1. The van der Waals surface area contributed by atoms with Crippen molar-refractivity contribution in [3.8, 4) is 0 Å². The van der Waals surface area contributed by atoms with E-state index in [1.165, 1.54) is 13.1 Å². The smallest absolute Gasteiger partial charge is 0.444 e. The maximum absolute atomic E-state index is 12.5. The Bertz CT molecular complexity index is 1130. The number of ether oxygens (including phenoxy) is 3. The summed E-state index contributed by atoms with van der Waals surface area (Å²) in [5.41, 5.74) is -0.456. The number of halogens is 3. The summed E-state index contributed by atoms with van der Waals surface area (Å²) in [5, 5.41) is 25.8. The Balaban J connectivity index is 1.11. The van der Waals surface area contributed by atoms with Crippen LogP contribution in [-0.2, 0) is 27.9 Å². The highest BCUT2D eigenvalue weighted by Crippen LogP contribution is 2.60. The van der Waals surface area contributed by atoms with Crippen LogP contribution < -0.4 is 10.6 Å². The highest BCUT2D eigenvalue weighted by Gasteiger charge is 2.68. The van der Waals surface area contributed by atoms with Gasteiger partial charge in [-0.3, -0.25) is 19.3 Å². The molecule has 0 unspecified atom stereocenters. The van der Waals surface area contributed by atoms with Crippen LogP contribution in [-0.4, -0.2) is 67.3 Å². The normalized spacial score (nSPS) is 29.3. The quantitative estimate of drug-likeness (QED) is 0.448. The molecule has 1 saturated heterocycles. The van der Waals surface area contributed by atoms with Crippen molar-refractivity contribution < 1.29 is 42.1 Å². The van der Waals surface area contributed by atoms with Gasteiger partial charge < -0.3 is 25.2 Å². The molecule has 0 radical (unpaired) electrons. The first-order chi connectivity index (χ1) is 16.4. The number of aryl methyl sites for hydroxylation is 1. The number of alkyl halides is 3. The predicted molar refractivity (Wildman–Crippen MR) is 109 cm³/mol. The van der Waals surface area contributed by atoms with E-state index in [4.69, 9.17) is 9.47 Å². The van der Waals surface area contributed by atoms with Crippen molar-refractivity contribution in [2.45, 2.75) is 62.0 Å². The van der Waals surface area contributed by atoms with E-state index in [-0.39, 0.29) is 29.4 Å². The van der Waals surface area contributed by atoms with E-state index in [2.05, 4.69) is 30.7 Å². The van der Waals surface area contributed by atoms with Gasteiger partial charge in [0, 0.05) is 19.5 Å². The van der Waals surface area contributed by atoms with Gasteiger partial charge in [-0.25, -0.2) is 4.79 Å². The molecule has 2 aromatic heterocycles. The van der Waals surface area contributed by atoms with E-state index in [9.17, 15) is 27.9 Å². The number of carbonyl (C=O) groups excluding carboxylic acids is 2. The number of aromatic amines is 1. The van der Waals surface area contributed by atoms with Gasteiger partial charge in [0.2, 0.25) is 0 Å². The second-order valence-corrected chi connectivity index (χ2v) is 9.29. The van der Waals surface area contributed by atoms with Crippen LogP contribution in [0.5, 0.6) is 0 Å². The summed E-state index contributed by atoms with van der Waals surface area (Å²) in [5.74, 6) is -0.452. The van der Waals surface area contributed by atoms with E-state index >= 15 is 0 Å². The van der Waals surface area contributed by atoms with E-state index in [1.54, 1.807) is 6.07 Å². The lowest BCUT2D eigenvalue weighted by molar-refractivity contribution is -0.330. The molecule has 2 bridgehead atoms. The SMILES string of the molecule is Cn1nc(COC(F)(F)F)cc1C(=O)Nc1cc([C@@H]2C[C@H](OC(=O)NC34CC(O)(C3)C4)CO2)[nH]n1. The largest absolute Gasteiger partial charge is 0.522 e. The topological polar surface area (TPSA) is 153 Å². The second kappa shape index (κ2) is 8.20. The van der Waals surface area contributed by atoms with Crippen molar-refractivity contribution in [1.29, 1.82) is 0 Å². The van der Waals surface area contributed by atoms with Gasteiger partial charge in [-0.2, -0.15) is 10.2 Å². The molecule has 0 aromatic carbocycles. The molecule has 15 heteroatoms. The number of hydrogen-bond acceptors (Lipinski definition) is 8. The molecule has 12 nitrogen and oxygen atoms in total. The Hall–Kier alpha value is -3.17. The first-order valence-corrected chi connectivity index (χ1v) is 10.8. The Morgan fingerprint density at radius 2 is 2.09 bits per heavy atom. The zero-order chi connectivity index (χ0) is 25.0. The monoisotopic (exact) mass is 500 g/mol. The molecule has 2 aromatic rings. The molecule has 3 heterocycles. The molecule has 1 aliphatic heterocycles. The zero-order valence-electron chi connectivity index (χ0n) is 18.5. The van der Waals surface area contributed by atoms with Crippen molar-refractivity contribution in [2.24, 2.45) is 7.05 Å². The fraction of sp³-hybridized carbons (Fsp3) is 0.600. The number of rotatable bonds is 7. The molecule has 3 saturated carbocycles. The van der Waals surface area contributed by atoms with E-state index in [0.717, 1.165) is 4.68 Å². The van der Waals surface area contributed by atoms with Gasteiger partial charge in [0.25, 0.3) is 5.91 Å². The summed E-state index contributed by atoms with van der Waals surface area (Å²) in [6.07, 6.45) is -4.25. The predicted octanol–water partition coefficient (Wildman–Crippen LogP) is 1.66. The van der Waals surface area contributed by atoms with Gasteiger partial charge in [0.15, 0.2) is 5.82 Å². The van der Waals surface area contributed by atoms with Crippen LogP contribution >= 0.6 is 0 Å². The molecule has 2 atom stereocenters. The first-order valence-electron chi connectivity index (χ1n) is 10.8. The summed E-state index contributed by atoms with van der Waals surface area (Å²) in [7, 11) is 1.42. The maximum atomic E-state index is 12.5. The number of aliphatic hydroxyl groups is 1. The number of nitrogens with one attached hydrogen (secondary N) is 3. The van der Waals surface area contributed by atoms with Crippen LogP contribution in [0.1, 0.15) is 53.7 Å². The summed E-state index contributed by atoms with van der Waals surface area (Å²) >= 11 is 0. The van der Waals surface area contributed by atoms with Crippen molar-refractivity contribution in [3.63, 3.8) is 0 Å². The van der Waals surface area contributed by atoms with Crippen molar-refractivity contribution in [1.82, 2.24) is 25.3 Å². The molecule has 6 rings (SSSR count). The lowest BCUT2D eigenvalue weighted by Gasteiger charge is -2.67. The number of aromatic nitrogens is 4. The van der Waals surface area contributed by atoms with Gasteiger partial charge in [-0.15, -0.1) is 13.2 Å². The van der Waals surface area contributed by atoms with Crippen LogP contribution in [0.3, 0.4) is 0 Å². The Kier molecular flexibility index (Phi) is 5.52. The molecule has 4 N–H and O–H groups in total. The molecular weight excluding hydrogens is 477 g/mol. The van der Waals surface area contributed by atoms with Crippen molar-refractivity contribution >= 4 is 17.8 Å². The van der Waals surface area contributed by atoms with Crippen molar-refractivity contribution in [2.75, 3.05) is 11.9 Å². The second-order valence-electron chi connectivity index (χ2n) is 9.29. The van der Waals surface area contributed by atoms with Gasteiger partial charge >= 0.3 is 12.5 Å². The van der Waals surface area contributed by atoms with Crippen LogP contribution in [0.4, 0.5) is 23.8 Å². The molecular formula is C20H23F3N6O6. The lowest BCUT2D eigenvalue weighted by Crippen LogP contribution is -2.78. The van der Waals surface area contributed by atoms with Crippen molar-refractivity contribution in [3.05, 3.63) is 29.2 Å². The molecule has 190 valence electrons. The third kappa shape index (κ3) is 4.97. The molecule has 4 fully saturated rings. The minimum Gasteiger partial charge on any atom is -0.444 e. The van der Waals surface area contributed by atoms with Gasteiger partial charge in [0.1, 0.15) is 24.5 Å². The van der Waals surface area contributed by atoms with Crippen LogP contribution in [0.25, 0.3) is 0 Å². The number of carbonyl (C=O) groups is 2. The number of hydrogen-bond donors (Lipinski definition) is 4. The van der Waals surface area contributed by atoms with Gasteiger partial charge in [-0.1, -0.05) is 0 Å². The van der Waals surface area contributed by atoms with Crippen LogP contribution in [0, 0.1) is 0 Å². The third-order valence-corrected chi connectivity index (χ3v) is 6.34. The molecule has 2 amide bonds. The van der Waals surface area contributed by atoms with E-state index in [1.807, 2.05) is 0 Å². The summed E-state index contributed by atoms with van der Waals surface area (Å²) < 4.78 is 52.6. The molecule has 3 aliphatic carbocycles. The summed E-state index contributed by atoms with van der Waals surface area (Å²) in [6, 6.07) is 2.74. The highest BCUT2D eigenvalue weighted by molar-refractivity contribution is 6.02. The molecule has 35 heavy (non-hydrogen) atoms. The van der Waals surface area contributed by atoms with Gasteiger partial charge in [0.05, 0.1) is 29.1 Å². The summed E-state index contributed by atoms with van der Waals surface area (Å²) in [6.45, 7) is -0.631. The third-order valence-electron chi connectivity index (χ3n) is 6.34. The zero-order valence-corrected chi connectivity index (χ0v) is 18.5. The first kappa shape index (κ1) is 23.6. The minimum absolute atomic E-state index is 0.0164. The Morgan fingerprint density at radius 3 is 2.77 bits per heavy atom. The highest BCUT2D eigenvalue weighted by atomic mass is 19.4. The van der Waals surface area contributed by atoms with Crippen LogP contribution in [0.15, 0.2) is 12.1 Å². The van der Waals surface area contributed by atoms with Gasteiger partial charge in [-0.05, 0) is 25.3 Å². The lowest BCUT2D eigenvalue weighted by atomic mass is 9.46. The average molecular weight is 500 g/mol.